The molecule has 0 atom stereocenters. The summed E-state index contributed by atoms with van der Waals surface area (Å²) >= 11 is 0. The summed E-state index contributed by atoms with van der Waals surface area (Å²) in [5, 5.41) is 0. The van der Waals surface area contributed by atoms with E-state index in [0.717, 1.165) is 31.5 Å². The number of hydrogen-bond acceptors (Lipinski definition) is 3. The van der Waals surface area contributed by atoms with Crippen LogP contribution in [0.25, 0.3) is 6.08 Å². The van der Waals surface area contributed by atoms with Crippen LogP contribution in [-0.4, -0.2) is 60.9 Å². The first-order valence-corrected chi connectivity index (χ1v) is 10.8. The molecule has 3 aliphatic rings. The van der Waals surface area contributed by atoms with Gasteiger partial charge < -0.3 is 14.7 Å². The zero-order valence-electron chi connectivity index (χ0n) is 16.7. The normalized spacial score (nSPS) is 21.1. The van der Waals surface area contributed by atoms with Crippen molar-refractivity contribution in [2.45, 2.75) is 38.5 Å². The quantitative estimate of drug-likeness (QED) is 0.753. The number of carbonyl (C=O) groups excluding carboxylic acids is 2. The van der Waals surface area contributed by atoms with Crippen LogP contribution in [0.1, 0.15) is 44.1 Å². The van der Waals surface area contributed by atoms with E-state index in [1.807, 2.05) is 15.9 Å². The summed E-state index contributed by atoms with van der Waals surface area (Å²) < 4.78 is 0. The molecule has 0 radical (unpaired) electrons. The molecule has 3 fully saturated rings. The molecule has 4 rings (SSSR count). The Morgan fingerprint density at radius 1 is 0.786 bits per heavy atom. The van der Waals surface area contributed by atoms with Gasteiger partial charge in [-0.05, 0) is 49.5 Å². The van der Waals surface area contributed by atoms with Crippen molar-refractivity contribution in [2.75, 3.05) is 44.2 Å². The molecule has 1 aliphatic carbocycles. The third-order valence-electron chi connectivity index (χ3n) is 6.11. The van der Waals surface area contributed by atoms with Crippen molar-refractivity contribution in [3.63, 3.8) is 0 Å². The summed E-state index contributed by atoms with van der Waals surface area (Å²) in [5.41, 5.74) is 2.33. The zero-order chi connectivity index (χ0) is 19.3. The third-order valence-corrected chi connectivity index (χ3v) is 6.11. The largest absolute Gasteiger partial charge is 0.372 e. The highest BCUT2D eigenvalue weighted by Crippen LogP contribution is 2.31. The van der Waals surface area contributed by atoms with Crippen LogP contribution in [0.15, 0.2) is 30.3 Å². The van der Waals surface area contributed by atoms with E-state index in [1.54, 1.807) is 6.08 Å². The maximum atomic E-state index is 12.5. The molecule has 5 heteroatoms. The summed E-state index contributed by atoms with van der Waals surface area (Å²) in [6.07, 6.45) is 10.9. The first-order chi connectivity index (χ1) is 13.7. The van der Waals surface area contributed by atoms with Crippen LogP contribution in [-0.2, 0) is 9.59 Å². The molecule has 0 N–H and O–H groups in total. The minimum Gasteiger partial charge on any atom is -0.372 e. The molecule has 1 aromatic carbocycles. The van der Waals surface area contributed by atoms with Crippen molar-refractivity contribution < 1.29 is 9.59 Å². The van der Waals surface area contributed by atoms with E-state index in [0.29, 0.717) is 26.2 Å². The number of rotatable bonds is 4. The van der Waals surface area contributed by atoms with E-state index in [-0.39, 0.29) is 17.7 Å². The van der Waals surface area contributed by atoms with E-state index in [9.17, 15) is 9.59 Å². The van der Waals surface area contributed by atoms with Crippen molar-refractivity contribution >= 4 is 23.6 Å². The van der Waals surface area contributed by atoms with Gasteiger partial charge >= 0.3 is 0 Å². The lowest BCUT2D eigenvalue weighted by atomic mass is 10.1. The molecule has 0 bridgehead atoms. The molecule has 2 amide bonds. The van der Waals surface area contributed by atoms with E-state index in [4.69, 9.17) is 0 Å². The zero-order valence-corrected chi connectivity index (χ0v) is 16.7. The number of piperazine rings is 1. The van der Waals surface area contributed by atoms with Gasteiger partial charge in [-0.1, -0.05) is 25.0 Å². The predicted molar refractivity (Wildman–Crippen MR) is 112 cm³/mol. The van der Waals surface area contributed by atoms with Gasteiger partial charge in [-0.25, -0.2) is 0 Å². The first-order valence-electron chi connectivity index (χ1n) is 10.8. The van der Waals surface area contributed by atoms with Gasteiger partial charge in [0.05, 0.1) is 0 Å². The van der Waals surface area contributed by atoms with Gasteiger partial charge in [0, 0.05) is 56.9 Å². The first kappa shape index (κ1) is 19.0. The topological polar surface area (TPSA) is 43.9 Å². The number of carbonyl (C=O) groups is 2. The van der Waals surface area contributed by atoms with Crippen LogP contribution in [0, 0.1) is 5.92 Å². The Kier molecular flexibility index (Phi) is 5.98. The third kappa shape index (κ3) is 4.75. The van der Waals surface area contributed by atoms with E-state index in [1.165, 1.54) is 31.4 Å². The second-order valence-electron chi connectivity index (χ2n) is 8.25. The fourth-order valence-electron chi connectivity index (χ4n) is 4.13. The number of nitrogens with zero attached hydrogens (tertiary/aromatic N) is 3. The molecular formula is C23H31N3O2. The molecule has 5 nitrogen and oxygen atoms in total. The second-order valence-corrected chi connectivity index (χ2v) is 8.25. The van der Waals surface area contributed by atoms with Gasteiger partial charge in [0.2, 0.25) is 11.8 Å². The van der Waals surface area contributed by atoms with E-state index in [2.05, 4.69) is 29.2 Å². The maximum absolute atomic E-state index is 12.5. The molecule has 0 spiro atoms. The van der Waals surface area contributed by atoms with Gasteiger partial charge in [0.15, 0.2) is 0 Å². The smallest absolute Gasteiger partial charge is 0.246 e. The average Bonchev–Trinajstić information content (AvgIpc) is 3.59. The van der Waals surface area contributed by atoms with Crippen LogP contribution in [0.5, 0.6) is 0 Å². The Bertz CT molecular complexity index is 708. The fourth-order valence-corrected chi connectivity index (χ4v) is 4.13. The number of hydrogen-bond donors (Lipinski definition) is 0. The van der Waals surface area contributed by atoms with Crippen molar-refractivity contribution in [1.82, 2.24) is 9.80 Å². The van der Waals surface area contributed by atoms with Crippen LogP contribution in [0.3, 0.4) is 0 Å². The minimum absolute atomic E-state index is 0.0371. The minimum atomic E-state index is 0.0371. The maximum Gasteiger partial charge on any atom is 0.246 e. The van der Waals surface area contributed by atoms with Crippen LogP contribution in [0.2, 0.25) is 0 Å². The molecule has 2 heterocycles. The molecular weight excluding hydrogens is 350 g/mol. The van der Waals surface area contributed by atoms with Crippen LogP contribution >= 0.6 is 0 Å². The SMILES string of the molecule is O=C(/C=C/c1ccc(N2CCCCCC2)cc1)N1CCN(C(=O)C2CC2)CC1. The Labute approximate surface area is 168 Å². The second kappa shape index (κ2) is 8.80. The van der Waals surface area contributed by atoms with Crippen molar-refractivity contribution in [2.24, 2.45) is 5.92 Å². The van der Waals surface area contributed by atoms with Crippen molar-refractivity contribution in [3.8, 4) is 0 Å². The number of amides is 2. The summed E-state index contributed by atoms with van der Waals surface area (Å²) in [6, 6.07) is 8.52. The summed E-state index contributed by atoms with van der Waals surface area (Å²) in [4.78, 5) is 30.8. The predicted octanol–water partition coefficient (Wildman–Crippen LogP) is 3.16. The number of anilines is 1. The van der Waals surface area contributed by atoms with Crippen LogP contribution < -0.4 is 4.90 Å². The fraction of sp³-hybridized carbons (Fsp3) is 0.565. The lowest BCUT2D eigenvalue weighted by Crippen LogP contribution is -2.50. The molecule has 1 aromatic rings. The highest BCUT2D eigenvalue weighted by Gasteiger charge is 2.34. The molecule has 2 saturated heterocycles. The lowest BCUT2D eigenvalue weighted by Gasteiger charge is -2.34. The Morgan fingerprint density at radius 3 is 2.00 bits per heavy atom. The Hall–Kier alpha value is -2.30. The van der Waals surface area contributed by atoms with Gasteiger partial charge in [0.25, 0.3) is 0 Å². The summed E-state index contributed by atoms with van der Waals surface area (Å²) in [5.74, 6) is 0.585. The molecule has 150 valence electrons. The summed E-state index contributed by atoms with van der Waals surface area (Å²) in [7, 11) is 0. The monoisotopic (exact) mass is 381 g/mol. The Balaban J connectivity index is 1.27. The molecule has 1 saturated carbocycles. The van der Waals surface area contributed by atoms with E-state index >= 15 is 0 Å². The van der Waals surface area contributed by atoms with Crippen molar-refractivity contribution in [3.05, 3.63) is 35.9 Å². The highest BCUT2D eigenvalue weighted by atomic mass is 16.2. The Morgan fingerprint density at radius 2 is 1.39 bits per heavy atom. The highest BCUT2D eigenvalue weighted by molar-refractivity contribution is 5.92. The van der Waals surface area contributed by atoms with Crippen LogP contribution in [0.4, 0.5) is 5.69 Å². The van der Waals surface area contributed by atoms with Gasteiger partial charge in [-0.15, -0.1) is 0 Å². The average molecular weight is 382 g/mol. The molecule has 0 aromatic heterocycles. The van der Waals surface area contributed by atoms with Gasteiger partial charge in [0.1, 0.15) is 0 Å². The van der Waals surface area contributed by atoms with Gasteiger partial charge in [-0.3, -0.25) is 9.59 Å². The molecule has 2 aliphatic heterocycles. The van der Waals surface area contributed by atoms with Crippen molar-refractivity contribution in [1.29, 1.82) is 0 Å². The molecule has 28 heavy (non-hydrogen) atoms. The molecule has 0 unspecified atom stereocenters. The number of benzene rings is 1. The van der Waals surface area contributed by atoms with Gasteiger partial charge in [-0.2, -0.15) is 0 Å². The van der Waals surface area contributed by atoms with E-state index < -0.39 is 0 Å². The lowest BCUT2D eigenvalue weighted by molar-refractivity contribution is -0.138. The summed E-state index contributed by atoms with van der Waals surface area (Å²) in [6.45, 7) is 4.88. The standard InChI is InChI=1S/C23H31N3O2/c27-22(25-15-17-26(18-16-25)23(28)20-8-9-20)12-7-19-5-10-21(11-6-19)24-13-3-1-2-4-14-24/h5-7,10-12,20H,1-4,8-9,13-18H2/b12-7+.